The number of likely N-dealkylation sites (tertiary alicyclic amines) is 1. The van der Waals surface area contributed by atoms with E-state index in [-0.39, 0.29) is 31.1 Å². The molecule has 0 aromatic heterocycles. The van der Waals surface area contributed by atoms with Crippen molar-refractivity contribution in [1.29, 1.82) is 0 Å². The van der Waals surface area contributed by atoms with Crippen LogP contribution in [-0.2, 0) is 19.1 Å². The molecule has 0 radical (unpaired) electrons. The van der Waals surface area contributed by atoms with Gasteiger partial charge in [0.15, 0.2) is 0 Å². The second-order valence-corrected chi connectivity index (χ2v) is 7.64. The predicted octanol–water partition coefficient (Wildman–Crippen LogP) is -0.253. The molecule has 1 spiro atoms. The van der Waals surface area contributed by atoms with Gasteiger partial charge in [0.05, 0.1) is 31.7 Å². The zero-order valence-corrected chi connectivity index (χ0v) is 16.4. The summed E-state index contributed by atoms with van der Waals surface area (Å²) >= 11 is 0. The minimum atomic E-state index is -1.05. The molecule has 1 aromatic carbocycles. The van der Waals surface area contributed by atoms with Crippen LogP contribution in [-0.4, -0.2) is 72.8 Å². The van der Waals surface area contributed by atoms with Crippen LogP contribution in [0.25, 0.3) is 0 Å². The van der Waals surface area contributed by atoms with Crippen molar-refractivity contribution in [3.63, 3.8) is 0 Å². The molecule has 9 nitrogen and oxygen atoms in total. The molecule has 3 N–H and O–H groups in total. The van der Waals surface area contributed by atoms with E-state index >= 15 is 0 Å². The average molecular weight is 403 g/mol. The molecule has 3 saturated heterocycles. The topological polar surface area (TPSA) is 117 Å². The van der Waals surface area contributed by atoms with Gasteiger partial charge in [-0.15, -0.1) is 0 Å². The van der Waals surface area contributed by atoms with Crippen LogP contribution in [0.5, 0.6) is 5.75 Å². The van der Waals surface area contributed by atoms with Crippen molar-refractivity contribution in [2.45, 2.75) is 30.6 Å². The van der Waals surface area contributed by atoms with E-state index in [9.17, 15) is 19.5 Å². The van der Waals surface area contributed by atoms with Gasteiger partial charge in [0.25, 0.3) is 0 Å². The summed E-state index contributed by atoms with van der Waals surface area (Å²) in [5, 5.41) is 14.9. The maximum Gasteiger partial charge on any atom is 0.250 e. The summed E-state index contributed by atoms with van der Waals surface area (Å²) in [5.74, 6) is -1.65. The minimum Gasteiger partial charge on any atom is -0.497 e. The van der Waals surface area contributed by atoms with Crippen molar-refractivity contribution < 1.29 is 29.0 Å². The van der Waals surface area contributed by atoms with Crippen molar-refractivity contribution in [3.05, 3.63) is 24.3 Å². The van der Waals surface area contributed by atoms with E-state index in [0.29, 0.717) is 24.3 Å². The van der Waals surface area contributed by atoms with Crippen molar-refractivity contribution in [1.82, 2.24) is 10.2 Å². The molecule has 5 atom stereocenters. The van der Waals surface area contributed by atoms with Crippen LogP contribution < -0.4 is 15.4 Å². The molecule has 9 heteroatoms. The number of anilines is 1. The van der Waals surface area contributed by atoms with Crippen LogP contribution in [0.3, 0.4) is 0 Å². The number of fused-ring (bicyclic) bond motifs is 1. The molecular formula is C20H25N3O6. The van der Waals surface area contributed by atoms with E-state index in [4.69, 9.17) is 9.47 Å². The molecule has 2 unspecified atom stereocenters. The first kappa shape index (κ1) is 19.7. The molecule has 0 saturated carbocycles. The van der Waals surface area contributed by atoms with Crippen molar-refractivity contribution in [2.24, 2.45) is 11.8 Å². The maximum atomic E-state index is 13.3. The number of ether oxygens (including phenoxy) is 2. The van der Waals surface area contributed by atoms with E-state index in [1.807, 2.05) is 0 Å². The molecule has 3 fully saturated rings. The Labute approximate surface area is 168 Å². The highest BCUT2D eigenvalue weighted by Gasteiger charge is 2.74. The summed E-state index contributed by atoms with van der Waals surface area (Å²) in [6.07, 6.45) is 0.752. The first-order chi connectivity index (χ1) is 14.0. The lowest BCUT2D eigenvalue weighted by Crippen LogP contribution is -2.53. The smallest absolute Gasteiger partial charge is 0.250 e. The van der Waals surface area contributed by atoms with Gasteiger partial charge in [0, 0.05) is 19.3 Å². The molecule has 156 valence electrons. The highest BCUT2D eigenvalue weighted by molar-refractivity contribution is 6.03. The van der Waals surface area contributed by atoms with Crippen LogP contribution in [0, 0.1) is 11.8 Å². The monoisotopic (exact) mass is 403 g/mol. The van der Waals surface area contributed by atoms with E-state index in [1.165, 1.54) is 11.9 Å². The SMILES string of the molecule is CNC(=O)[C@@H]1[C@H]2C(=O)N(CCO)C(C(=O)Nc3ccc(OC)cc3)C23CC[C@H]1O3. The second-order valence-electron chi connectivity index (χ2n) is 7.64. The maximum absolute atomic E-state index is 13.3. The molecule has 3 aliphatic rings. The summed E-state index contributed by atoms with van der Waals surface area (Å²) in [6.45, 7) is -0.277. The second kappa shape index (κ2) is 7.31. The minimum absolute atomic E-state index is 0.00622. The number of aliphatic hydroxyl groups is 1. The van der Waals surface area contributed by atoms with Crippen LogP contribution >= 0.6 is 0 Å². The Hall–Kier alpha value is -2.65. The van der Waals surface area contributed by atoms with Gasteiger partial charge in [-0.1, -0.05) is 0 Å². The van der Waals surface area contributed by atoms with E-state index in [0.717, 1.165) is 0 Å². The van der Waals surface area contributed by atoms with Gasteiger partial charge >= 0.3 is 0 Å². The average Bonchev–Trinajstić information content (AvgIpc) is 3.36. The third-order valence-corrected chi connectivity index (χ3v) is 6.30. The molecular weight excluding hydrogens is 378 g/mol. The quantitative estimate of drug-likeness (QED) is 0.603. The van der Waals surface area contributed by atoms with Gasteiger partial charge in [-0.05, 0) is 37.1 Å². The number of methoxy groups -OCH3 is 1. The Morgan fingerprint density at radius 3 is 2.66 bits per heavy atom. The fourth-order valence-electron chi connectivity index (χ4n) is 5.15. The summed E-state index contributed by atoms with van der Waals surface area (Å²) < 4.78 is 11.3. The van der Waals surface area contributed by atoms with Gasteiger partial charge in [-0.2, -0.15) is 0 Å². The fraction of sp³-hybridized carbons (Fsp3) is 0.550. The molecule has 2 bridgehead atoms. The number of carbonyl (C=O) groups is 3. The van der Waals surface area contributed by atoms with Gasteiger partial charge in [-0.25, -0.2) is 0 Å². The zero-order chi connectivity index (χ0) is 20.8. The Kier molecular flexibility index (Phi) is 4.95. The third-order valence-electron chi connectivity index (χ3n) is 6.30. The summed E-state index contributed by atoms with van der Waals surface area (Å²) in [5.41, 5.74) is -0.493. The fourth-order valence-corrected chi connectivity index (χ4v) is 5.15. The van der Waals surface area contributed by atoms with Crippen LogP contribution in [0.1, 0.15) is 12.8 Å². The lowest BCUT2D eigenvalue weighted by Gasteiger charge is -2.33. The lowest BCUT2D eigenvalue weighted by molar-refractivity contribution is -0.141. The molecule has 3 aliphatic heterocycles. The first-order valence-corrected chi connectivity index (χ1v) is 9.72. The Bertz CT molecular complexity index is 828. The van der Waals surface area contributed by atoms with E-state index in [1.54, 1.807) is 31.4 Å². The number of carbonyl (C=O) groups excluding carboxylic acids is 3. The van der Waals surface area contributed by atoms with E-state index in [2.05, 4.69) is 10.6 Å². The number of aliphatic hydroxyl groups excluding tert-OH is 1. The van der Waals surface area contributed by atoms with Gasteiger partial charge < -0.3 is 30.1 Å². The first-order valence-electron chi connectivity index (χ1n) is 9.72. The van der Waals surface area contributed by atoms with Gasteiger partial charge in [-0.3, -0.25) is 14.4 Å². The molecule has 3 amide bonds. The highest BCUT2D eigenvalue weighted by atomic mass is 16.5. The normalized spacial score (nSPS) is 32.2. The Morgan fingerprint density at radius 2 is 2.03 bits per heavy atom. The molecule has 29 heavy (non-hydrogen) atoms. The molecule has 4 rings (SSSR count). The highest BCUT2D eigenvalue weighted by Crippen LogP contribution is 2.58. The number of rotatable bonds is 6. The Balaban J connectivity index is 1.66. The molecule has 1 aromatic rings. The third kappa shape index (κ3) is 2.87. The summed E-state index contributed by atoms with van der Waals surface area (Å²) in [4.78, 5) is 40.3. The lowest BCUT2D eigenvalue weighted by atomic mass is 9.70. The number of nitrogens with one attached hydrogen (secondary N) is 2. The van der Waals surface area contributed by atoms with Crippen LogP contribution in [0.2, 0.25) is 0 Å². The summed E-state index contributed by atoms with van der Waals surface area (Å²) in [6, 6.07) is 5.95. The number of hydrogen-bond acceptors (Lipinski definition) is 6. The Morgan fingerprint density at radius 1 is 1.31 bits per heavy atom. The van der Waals surface area contributed by atoms with Crippen molar-refractivity contribution >= 4 is 23.4 Å². The van der Waals surface area contributed by atoms with E-state index < -0.39 is 29.4 Å². The summed E-state index contributed by atoms with van der Waals surface area (Å²) in [7, 11) is 3.08. The number of β-amino-alcohol motifs (C(OH)–C–C–N with tert-alkyl or cyclic N) is 1. The van der Waals surface area contributed by atoms with Crippen molar-refractivity contribution in [3.8, 4) is 5.75 Å². The van der Waals surface area contributed by atoms with Crippen molar-refractivity contribution in [2.75, 3.05) is 32.6 Å². The standard InChI is InChI=1S/C20H25N3O6/c1-21-17(25)14-13-7-8-20(29-13)15(14)19(27)23(9-10-24)16(20)18(26)22-11-3-5-12(28-2)6-4-11/h3-6,13-16,24H,7-10H2,1-2H3,(H,21,25)(H,22,26)/t13-,14+,15+,16?,20?/m1/s1. The number of nitrogens with zero attached hydrogens (tertiary/aromatic N) is 1. The van der Waals surface area contributed by atoms with Crippen LogP contribution in [0.4, 0.5) is 5.69 Å². The largest absolute Gasteiger partial charge is 0.497 e. The molecule has 0 aliphatic carbocycles. The predicted molar refractivity (Wildman–Crippen MR) is 102 cm³/mol. The number of hydrogen-bond donors (Lipinski definition) is 3. The van der Waals surface area contributed by atoms with Gasteiger partial charge in [0.1, 0.15) is 17.4 Å². The molecule has 3 heterocycles. The van der Waals surface area contributed by atoms with Crippen LogP contribution in [0.15, 0.2) is 24.3 Å². The number of amides is 3. The van der Waals surface area contributed by atoms with Gasteiger partial charge in [0.2, 0.25) is 17.7 Å². The zero-order valence-electron chi connectivity index (χ0n) is 16.4. The number of benzene rings is 1.